The van der Waals surface area contributed by atoms with Gasteiger partial charge in [0.25, 0.3) is 0 Å². The number of hydrogen-bond acceptors (Lipinski definition) is 2. The molecule has 0 spiro atoms. The van der Waals surface area contributed by atoms with Crippen LogP contribution in [0, 0.1) is 5.92 Å². The molecular weight excluding hydrogens is 196 g/mol. The average Bonchev–Trinajstić information content (AvgIpc) is 2.11. The van der Waals surface area contributed by atoms with Gasteiger partial charge in [-0.25, -0.2) is 0 Å². The molecule has 1 saturated carbocycles. The van der Waals surface area contributed by atoms with Crippen LogP contribution in [0.15, 0.2) is 0 Å². The average molecular weight is 226 g/mol. The first kappa shape index (κ1) is 14.0. The minimum atomic E-state index is 0.266. The molecule has 0 aliphatic heterocycles. The van der Waals surface area contributed by atoms with E-state index in [1.165, 1.54) is 38.8 Å². The summed E-state index contributed by atoms with van der Waals surface area (Å²) in [6.07, 6.45) is 5.45. The van der Waals surface area contributed by atoms with Crippen molar-refractivity contribution < 1.29 is 0 Å². The van der Waals surface area contributed by atoms with E-state index in [1.807, 2.05) is 0 Å². The van der Waals surface area contributed by atoms with Gasteiger partial charge in [0, 0.05) is 11.6 Å². The molecule has 0 radical (unpaired) electrons. The van der Waals surface area contributed by atoms with E-state index in [1.54, 1.807) is 0 Å². The molecule has 0 heterocycles. The Morgan fingerprint density at radius 2 is 1.94 bits per heavy atom. The molecule has 16 heavy (non-hydrogen) atoms. The van der Waals surface area contributed by atoms with E-state index < -0.39 is 0 Å². The zero-order chi connectivity index (χ0) is 12.2. The fourth-order valence-corrected chi connectivity index (χ4v) is 2.38. The topological polar surface area (TPSA) is 15.3 Å². The third-order valence-corrected chi connectivity index (χ3v) is 3.70. The normalized spacial score (nSPS) is 25.9. The monoisotopic (exact) mass is 226 g/mol. The van der Waals surface area contributed by atoms with Crippen molar-refractivity contribution >= 4 is 0 Å². The molecule has 2 heteroatoms. The van der Waals surface area contributed by atoms with Crippen molar-refractivity contribution in [2.75, 3.05) is 20.1 Å². The lowest BCUT2D eigenvalue weighted by atomic mass is 9.78. The maximum atomic E-state index is 3.64. The van der Waals surface area contributed by atoms with Gasteiger partial charge in [-0.3, -0.25) is 0 Å². The van der Waals surface area contributed by atoms with Crippen molar-refractivity contribution in [1.29, 1.82) is 0 Å². The summed E-state index contributed by atoms with van der Waals surface area (Å²) < 4.78 is 0. The van der Waals surface area contributed by atoms with E-state index in [0.717, 1.165) is 12.0 Å². The highest BCUT2D eigenvalue weighted by molar-refractivity contribution is 4.90. The van der Waals surface area contributed by atoms with E-state index in [2.05, 4.69) is 45.0 Å². The quantitative estimate of drug-likeness (QED) is 0.749. The summed E-state index contributed by atoms with van der Waals surface area (Å²) in [5, 5.41) is 3.64. The second-order valence-electron chi connectivity index (χ2n) is 6.37. The van der Waals surface area contributed by atoms with Gasteiger partial charge in [-0.2, -0.15) is 0 Å². The lowest BCUT2D eigenvalue weighted by Crippen LogP contribution is -2.51. The molecule has 1 aliphatic carbocycles. The minimum Gasteiger partial charge on any atom is -0.312 e. The van der Waals surface area contributed by atoms with Crippen molar-refractivity contribution in [1.82, 2.24) is 10.2 Å². The lowest BCUT2D eigenvalue weighted by Gasteiger charge is -2.44. The summed E-state index contributed by atoms with van der Waals surface area (Å²) in [5.41, 5.74) is 0.266. The number of hydrogen-bond donors (Lipinski definition) is 1. The van der Waals surface area contributed by atoms with Crippen LogP contribution in [0.25, 0.3) is 0 Å². The van der Waals surface area contributed by atoms with Crippen LogP contribution in [-0.2, 0) is 0 Å². The zero-order valence-corrected chi connectivity index (χ0v) is 11.8. The van der Waals surface area contributed by atoms with Gasteiger partial charge in [-0.15, -0.1) is 0 Å². The standard InChI is InChI=1S/C14H30N2/c1-6-7-10-16(5)13-9-8-12(13)11-15-14(2,3)4/h12-13,15H,6-11H2,1-5H3. The molecular formula is C14H30N2. The van der Waals surface area contributed by atoms with Crippen LogP contribution in [-0.4, -0.2) is 36.6 Å². The summed E-state index contributed by atoms with van der Waals surface area (Å²) in [7, 11) is 2.30. The molecule has 0 aromatic carbocycles. The summed E-state index contributed by atoms with van der Waals surface area (Å²) >= 11 is 0. The van der Waals surface area contributed by atoms with Gasteiger partial charge < -0.3 is 10.2 Å². The fourth-order valence-electron chi connectivity index (χ4n) is 2.38. The van der Waals surface area contributed by atoms with Crippen LogP contribution in [0.2, 0.25) is 0 Å². The van der Waals surface area contributed by atoms with Gasteiger partial charge in [0.05, 0.1) is 0 Å². The molecule has 0 aromatic heterocycles. The van der Waals surface area contributed by atoms with Gasteiger partial charge in [0.1, 0.15) is 0 Å². The Hall–Kier alpha value is -0.0800. The zero-order valence-electron chi connectivity index (χ0n) is 11.8. The summed E-state index contributed by atoms with van der Waals surface area (Å²) in [4.78, 5) is 2.57. The first-order valence-electron chi connectivity index (χ1n) is 6.89. The predicted molar refractivity (Wildman–Crippen MR) is 71.8 cm³/mol. The second-order valence-corrected chi connectivity index (χ2v) is 6.37. The van der Waals surface area contributed by atoms with Gasteiger partial charge in [0.15, 0.2) is 0 Å². The molecule has 2 nitrogen and oxygen atoms in total. The Labute approximate surface area is 102 Å². The van der Waals surface area contributed by atoms with Crippen molar-refractivity contribution in [2.45, 2.75) is 65.0 Å². The Balaban J connectivity index is 2.24. The van der Waals surface area contributed by atoms with Gasteiger partial charge in [0.2, 0.25) is 0 Å². The molecule has 0 aromatic rings. The van der Waals surface area contributed by atoms with Crippen molar-refractivity contribution in [3.05, 3.63) is 0 Å². The fraction of sp³-hybridized carbons (Fsp3) is 1.00. The van der Waals surface area contributed by atoms with Gasteiger partial charge in [-0.1, -0.05) is 13.3 Å². The first-order valence-corrected chi connectivity index (χ1v) is 6.89. The Morgan fingerprint density at radius 3 is 2.38 bits per heavy atom. The predicted octanol–water partition coefficient (Wildman–Crippen LogP) is 2.89. The minimum absolute atomic E-state index is 0.266. The van der Waals surface area contributed by atoms with Gasteiger partial charge >= 0.3 is 0 Å². The van der Waals surface area contributed by atoms with Crippen molar-refractivity contribution in [3.8, 4) is 0 Å². The van der Waals surface area contributed by atoms with Crippen LogP contribution < -0.4 is 5.32 Å². The van der Waals surface area contributed by atoms with E-state index in [9.17, 15) is 0 Å². The molecule has 1 aliphatic rings. The third-order valence-electron chi connectivity index (χ3n) is 3.70. The maximum absolute atomic E-state index is 3.64. The van der Waals surface area contributed by atoms with Crippen LogP contribution in [0.4, 0.5) is 0 Å². The van der Waals surface area contributed by atoms with Gasteiger partial charge in [-0.05, 0) is 66.1 Å². The molecule has 2 atom stereocenters. The smallest absolute Gasteiger partial charge is 0.0133 e. The summed E-state index contributed by atoms with van der Waals surface area (Å²) in [6, 6.07) is 0.835. The molecule has 1 N–H and O–H groups in total. The lowest BCUT2D eigenvalue weighted by molar-refractivity contribution is 0.0783. The molecule has 0 bridgehead atoms. The first-order chi connectivity index (χ1) is 7.44. The van der Waals surface area contributed by atoms with Crippen LogP contribution >= 0.6 is 0 Å². The number of nitrogens with zero attached hydrogens (tertiary/aromatic N) is 1. The maximum Gasteiger partial charge on any atom is 0.0133 e. The molecule has 2 unspecified atom stereocenters. The molecule has 0 saturated heterocycles. The number of nitrogens with one attached hydrogen (secondary N) is 1. The van der Waals surface area contributed by atoms with Crippen LogP contribution in [0.5, 0.6) is 0 Å². The summed E-state index contributed by atoms with van der Waals surface area (Å²) in [5.74, 6) is 0.876. The van der Waals surface area contributed by atoms with Crippen LogP contribution in [0.1, 0.15) is 53.4 Å². The van der Waals surface area contributed by atoms with Crippen molar-refractivity contribution in [3.63, 3.8) is 0 Å². The van der Waals surface area contributed by atoms with E-state index in [0.29, 0.717) is 0 Å². The van der Waals surface area contributed by atoms with E-state index in [4.69, 9.17) is 0 Å². The third kappa shape index (κ3) is 4.42. The SMILES string of the molecule is CCCCN(C)C1CCC1CNC(C)(C)C. The van der Waals surface area contributed by atoms with Crippen molar-refractivity contribution in [2.24, 2.45) is 5.92 Å². The number of unbranched alkanes of at least 4 members (excludes halogenated alkanes) is 1. The molecule has 0 amide bonds. The molecule has 1 fully saturated rings. The largest absolute Gasteiger partial charge is 0.312 e. The highest BCUT2D eigenvalue weighted by Gasteiger charge is 2.33. The highest BCUT2D eigenvalue weighted by Crippen LogP contribution is 2.31. The summed E-state index contributed by atoms with van der Waals surface area (Å²) in [6.45, 7) is 11.5. The Bertz CT molecular complexity index is 195. The molecule has 96 valence electrons. The van der Waals surface area contributed by atoms with E-state index in [-0.39, 0.29) is 5.54 Å². The highest BCUT2D eigenvalue weighted by atomic mass is 15.1. The number of rotatable bonds is 6. The van der Waals surface area contributed by atoms with E-state index >= 15 is 0 Å². The Kier molecular flexibility index (Phi) is 5.26. The molecule has 1 rings (SSSR count). The van der Waals surface area contributed by atoms with Crippen LogP contribution in [0.3, 0.4) is 0 Å². The Morgan fingerprint density at radius 1 is 1.25 bits per heavy atom. The second kappa shape index (κ2) is 6.02.